The molecule has 0 aliphatic rings. The lowest BCUT2D eigenvalue weighted by atomic mass is 10.0. The van der Waals surface area contributed by atoms with Crippen molar-refractivity contribution in [3.05, 3.63) is 83.9 Å². The van der Waals surface area contributed by atoms with Crippen molar-refractivity contribution >= 4 is 16.9 Å². The second-order valence-corrected chi connectivity index (χ2v) is 6.35. The largest absolute Gasteiger partial charge is 0.326 e. The summed E-state index contributed by atoms with van der Waals surface area (Å²) in [5.41, 5.74) is 19.2. The van der Waals surface area contributed by atoms with Crippen LogP contribution in [0.2, 0.25) is 0 Å². The van der Waals surface area contributed by atoms with Crippen molar-refractivity contribution in [2.75, 3.05) is 0 Å². The first-order valence-corrected chi connectivity index (χ1v) is 8.82. The summed E-state index contributed by atoms with van der Waals surface area (Å²) in [5.74, 6) is -0.105. The highest BCUT2D eigenvalue weighted by molar-refractivity contribution is 5.99. The topological polar surface area (TPSA) is 112 Å². The molecule has 3 aromatic carbocycles. The molecule has 28 heavy (non-hydrogen) atoms. The summed E-state index contributed by atoms with van der Waals surface area (Å²) in [7, 11) is 0. The molecular formula is C22H18N6. The van der Waals surface area contributed by atoms with Gasteiger partial charge in [-0.3, -0.25) is 5.41 Å². The molecule has 4 rings (SSSR count). The minimum Gasteiger partial charge on any atom is -0.326 e. The van der Waals surface area contributed by atoms with Crippen LogP contribution >= 0.6 is 0 Å². The van der Waals surface area contributed by atoms with Gasteiger partial charge in [0.1, 0.15) is 0 Å². The number of nitrogens with two attached hydrogens (primary N) is 1. The molecule has 6 heteroatoms. The van der Waals surface area contributed by atoms with Gasteiger partial charge in [0, 0.05) is 23.2 Å². The third kappa shape index (κ3) is 3.28. The van der Waals surface area contributed by atoms with Crippen LogP contribution in [0.25, 0.3) is 33.5 Å². The number of hydrogen-bond donors (Lipinski definition) is 3. The average molecular weight is 366 g/mol. The SMILES string of the molecule is N=NC(=N)c1ccc2nc(-c3ccc(CN)cc3)c(-c3ccccc3)nc2c1. The third-order valence-electron chi connectivity index (χ3n) is 4.56. The summed E-state index contributed by atoms with van der Waals surface area (Å²) in [6.07, 6.45) is 0. The zero-order valence-corrected chi connectivity index (χ0v) is 15.1. The van der Waals surface area contributed by atoms with E-state index in [-0.39, 0.29) is 5.84 Å². The van der Waals surface area contributed by atoms with E-state index in [4.69, 9.17) is 26.6 Å². The first kappa shape index (κ1) is 17.6. The van der Waals surface area contributed by atoms with Crippen molar-refractivity contribution in [1.29, 1.82) is 10.9 Å². The number of nitrogens with zero attached hydrogens (tertiary/aromatic N) is 3. The van der Waals surface area contributed by atoms with Crippen molar-refractivity contribution < 1.29 is 0 Å². The van der Waals surface area contributed by atoms with Crippen molar-refractivity contribution in [3.63, 3.8) is 0 Å². The van der Waals surface area contributed by atoms with E-state index in [9.17, 15) is 0 Å². The van der Waals surface area contributed by atoms with Gasteiger partial charge in [0.2, 0.25) is 0 Å². The van der Waals surface area contributed by atoms with Gasteiger partial charge in [-0.15, -0.1) is 5.11 Å². The number of nitrogens with one attached hydrogen (secondary N) is 2. The van der Waals surface area contributed by atoms with E-state index in [1.54, 1.807) is 12.1 Å². The molecule has 1 heterocycles. The molecule has 0 atom stereocenters. The van der Waals surface area contributed by atoms with Gasteiger partial charge < -0.3 is 5.73 Å². The van der Waals surface area contributed by atoms with Crippen molar-refractivity contribution in [1.82, 2.24) is 9.97 Å². The minimum atomic E-state index is -0.105. The van der Waals surface area contributed by atoms with Gasteiger partial charge in [-0.05, 0) is 23.8 Å². The molecule has 0 radical (unpaired) electrons. The Hall–Kier alpha value is -3.77. The number of hydrogen-bond acceptors (Lipinski definition) is 5. The van der Waals surface area contributed by atoms with Crippen molar-refractivity contribution in [2.24, 2.45) is 10.8 Å². The van der Waals surface area contributed by atoms with Crippen LogP contribution in [0.15, 0.2) is 77.9 Å². The summed E-state index contributed by atoms with van der Waals surface area (Å²) in [4.78, 5) is 9.72. The lowest BCUT2D eigenvalue weighted by molar-refractivity contribution is 1.07. The van der Waals surface area contributed by atoms with Gasteiger partial charge in [0.25, 0.3) is 0 Å². The van der Waals surface area contributed by atoms with E-state index >= 15 is 0 Å². The van der Waals surface area contributed by atoms with Gasteiger partial charge in [0.05, 0.1) is 22.4 Å². The maximum Gasteiger partial charge on any atom is 0.173 e. The predicted octanol–water partition coefficient (Wildman–Crippen LogP) is 4.78. The first-order chi connectivity index (χ1) is 13.7. The summed E-state index contributed by atoms with van der Waals surface area (Å²) in [5, 5.41) is 11.0. The lowest BCUT2D eigenvalue weighted by Gasteiger charge is -2.11. The number of fused-ring (bicyclic) bond motifs is 1. The summed E-state index contributed by atoms with van der Waals surface area (Å²) >= 11 is 0. The Balaban J connectivity index is 1.96. The molecule has 0 amide bonds. The second-order valence-electron chi connectivity index (χ2n) is 6.35. The molecule has 0 saturated carbocycles. The summed E-state index contributed by atoms with van der Waals surface area (Å²) in [6, 6.07) is 23.2. The van der Waals surface area contributed by atoms with E-state index in [1.165, 1.54) is 0 Å². The highest BCUT2D eigenvalue weighted by Crippen LogP contribution is 2.31. The Morgan fingerprint density at radius 1 is 0.821 bits per heavy atom. The predicted molar refractivity (Wildman–Crippen MR) is 110 cm³/mol. The summed E-state index contributed by atoms with van der Waals surface area (Å²) < 4.78 is 0. The van der Waals surface area contributed by atoms with Crippen LogP contribution in [0.1, 0.15) is 11.1 Å². The second kappa shape index (κ2) is 7.46. The van der Waals surface area contributed by atoms with Gasteiger partial charge in [-0.25, -0.2) is 15.5 Å². The molecule has 6 nitrogen and oxygen atoms in total. The van der Waals surface area contributed by atoms with Crippen LogP contribution in [0.4, 0.5) is 0 Å². The maximum atomic E-state index is 7.77. The van der Waals surface area contributed by atoms with Crippen LogP contribution in [0, 0.1) is 10.9 Å². The molecule has 0 saturated heterocycles. The molecule has 4 N–H and O–H groups in total. The molecule has 0 aliphatic carbocycles. The van der Waals surface area contributed by atoms with E-state index in [0.29, 0.717) is 17.6 Å². The first-order valence-electron chi connectivity index (χ1n) is 8.82. The van der Waals surface area contributed by atoms with Gasteiger partial charge in [-0.2, -0.15) is 0 Å². The van der Waals surface area contributed by atoms with Crippen molar-refractivity contribution in [3.8, 4) is 22.5 Å². The molecule has 4 aromatic rings. The molecule has 0 unspecified atom stereocenters. The zero-order valence-electron chi connectivity index (χ0n) is 15.1. The highest BCUT2D eigenvalue weighted by atomic mass is 15.0. The van der Waals surface area contributed by atoms with Crippen LogP contribution in [0.3, 0.4) is 0 Å². The van der Waals surface area contributed by atoms with Crippen LogP contribution < -0.4 is 5.73 Å². The van der Waals surface area contributed by atoms with Gasteiger partial charge in [-0.1, -0.05) is 54.6 Å². The average Bonchev–Trinajstić information content (AvgIpc) is 2.78. The van der Waals surface area contributed by atoms with Crippen LogP contribution in [-0.4, -0.2) is 15.8 Å². The Bertz CT molecular complexity index is 1170. The molecule has 0 fully saturated rings. The molecule has 136 valence electrons. The fourth-order valence-electron chi connectivity index (χ4n) is 3.06. The molecule has 1 aromatic heterocycles. The van der Waals surface area contributed by atoms with Gasteiger partial charge in [0.15, 0.2) is 5.84 Å². The fraction of sp³-hybridized carbons (Fsp3) is 0.0455. The minimum absolute atomic E-state index is 0.105. The smallest absolute Gasteiger partial charge is 0.173 e. The number of benzene rings is 3. The van der Waals surface area contributed by atoms with E-state index in [0.717, 1.165) is 33.6 Å². The Morgan fingerprint density at radius 3 is 2.11 bits per heavy atom. The van der Waals surface area contributed by atoms with Crippen molar-refractivity contribution in [2.45, 2.75) is 6.54 Å². The monoisotopic (exact) mass is 366 g/mol. The fourth-order valence-corrected chi connectivity index (χ4v) is 3.06. The molecule has 0 bridgehead atoms. The van der Waals surface area contributed by atoms with E-state index in [1.807, 2.05) is 60.7 Å². The maximum absolute atomic E-state index is 7.77. The normalized spacial score (nSPS) is 10.8. The highest BCUT2D eigenvalue weighted by Gasteiger charge is 2.14. The number of amidine groups is 1. The molecule has 0 aliphatic heterocycles. The lowest BCUT2D eigenvalue weighted by Crippen LogP contribution is -1.99. The Morgan fingerprint density at radius 2 is 1.46 bits per heavy atom. The Labute approximate surface area is 162 Å². The molecular weight excluding hydrogens is 348 g/mol. The third-order valence-corrected chi connectivity index (χ3v) is 4.56. The number of rotatable bonds is 4. The number of aromatic nitrogens is 2. The van der Waals surface area contributed by atoms with Crippen LogP contribution in [-0.2, 0) is 6.54 Å². The quantitative estimate of drug-likeness (QED) is 0.274. The zero-order chi connectivity index (χ0) is 19.5. The summed E-state index contributed by atoms with van der Waals surface area (Å²) in [6.45, 7) is 0.491. The molecule has 0 spiro atoms. The Kier molecular flexibility index (Phi) is 4.70. The van der Waals surface area contributed by atoms with E-state index < -0.39 is 0 Å². The van der Waals surface area contributed by atoms with Gasteiger partial charge >= 0.3 is 0 Å². The standard InChI is InChI=1S/C22H18N6/c23-13-14-6-8-16(9-7-14)21-20(15-4-2-1-3-5-15)27-19-12-17(22(24)28-25)10-11-18(19)26-21/h1-12,24-25H,13,23H2. The van der Waals surface area contributed by atoms with E-state index in [2.05, 4.69) is 5.11 Å². The van der Waals surface area contributed by atoms with Crippen LogP contribution in [0.5, 0.6) is 0 Å².